The van der Waals surface area contributed by atoms with E-state index in [1.807, 2.05) is 0 Å². The molecule has 1 saturated heterocycles. The minimum absolute atomic E-state index is 0.110. The molecule has 1 amide bonds. The van der Waals surface area contributed by atoms with E-state index < -0.39 is 5.41 Å². The molecular weight excluding hydrogens is 255 g/mol. The predicted molar refractivity (Wildman–Crippen MR) is 78.0 cm³/mol. The molecule has 0 spiro atoms. The summed E-state index contributed by atoms with van der Waals surface area (Å²) in [7, 11) is 0. The van der Waals surface area contributed by atoms with Crippen LogP contribution in [0.15, 0.2) is 24.3 Å². The molecule has 1 aliphatic rings. The second-order valence-corrected chi connectivity index (χ2v) is 6.15. The molecule has 0 radical (unpaired) electrons. The summed E-state index contributed by atoms with van der Waals surface area (Å²) >= 11 is 0. The number of piperidine rings is 1. The Balaban J connectivity index is 2.13. The molecule has 4 heteroatoms. The first kappa shape index (κ1) is 15.0. The zero-order chi connectivity index (χ0) is 14.8. The molecule has 1 aromatic rings. The quantitative estimate of drug-likeness (QED) is 0.890. The van der Waals surface area contributed by atoms with Gasteiger partial charge in [-0.05, 0) is 45.3 Å². The Kier molecular flexibility index (Phi) is 4.43. The van der Waals surface area contributed by atoms with Crippen LogP contribution < -0.4 is 10.6 Å². The Bertz CT molecular complexity index is 487. The fourth-order valence-corrected chi connectivity index (χ4v) is 2.67. The highest BCUT2D eigenvalue weighted by atomic mass is 19.1. The number of hydrogen-bond donors (Lipinski definition) is 2. The van der Waals surface area contributed by atoms with Crippen LogP contribution in [0.4, 0.5) is 4.39 Å². The monoisotopic (exact) mass is 278 g/mol. The maximum atomic E-state index is 13.9. The van der Waals surface area contributed by atoms with Crippen molar-refractivity contribution in [1.82, 2.24) is 10.6 Å². The Morgan fingerprint density at radius 2 is 2.10 bits per heavy atom. The fourth-order valence-electron chi connectivity index (χ4n) is 2.67. The summed E-state index contributed by atoms with van der Waals surface area (Å²) in [5.41, 5.74) is -0.422. The highest BCUT2D eigenvalue weighted by molar-refractivity contribution is 5.87. The first-order chi connectivity index (χ1) is 9.43. The van der Waals surface area contributed by atoms with Crippen molar-refractivity contribution in [3.63, 3.8) is 0 Å². The van der Waals surface area contributed by atoms with Gasteiger partial charge in [0.15, 0.2) is 0 Å². The van der Waals surface area contributed by atoms with Crippen molar-refractivity contribution in [3.8, 4) is 0 Å². The van der Waals surface area contributed by atoms with E-state index in [9.17, 15) is 9.18 Å². The zero-order valence-corrected chi connectivity index (χ0v) is 12.4. The molecule has 1 heterocycles. The van der Waals surface area contributed by atoms with Crippen LogP contribution in [-0.2, 0) is 10.2 Å². The number of hydrogen-bond acceptors (Lipinski definition) is 2. The largest absolute Gasteiger partial charge is 0.352 e. The number of nitrogens with one attached hydrogen (secondary N) is 2. The molecule has 2 atom stereocenters. The van der Waals surface area contributed by atoms with Gasteiger partial charge in [-0.3, -0.25) is 4.79 Å². The van der Waals surface area contributed by atoms with Crippen LogP contribution in [0.25, 0.3) is 0 Å². The number of benzene rings is 1. The van der Waals surface area contributed by atoms with Crippen molar-refractivity contribution >= 4 is 5.91 Å². The zero-order valence-electron chi connectivity index (χ0n) is 12.4. The van der Waals surface area contributed by atoms with Crippen molar-refractivity contribution < 1.29 is 9.18 Å². The van der Waals surface area contributed by atoms with Gasteiger partial charge in [-0.25, -0.2) is 4.39 Å². The normalized spacial score (nSPS) is 23.4. The van der Waals surface area contributed by atoms with E-state index in [0.29, 0.717) is 11.5 Å². The van der Waals surface area contributed by atoms with Gasteiger partial charge >= 0.3 is 0 Å². The first-order valence-corrected chi connectivity index (χ1v) is 7.19. The lowest BCUT2D eigenvalue weighted by Crippen LogP contribution is -2.52. The SMILES string of the molecule is CC1CNCCC1NC(=O)C(C)(C)c1ccccc1F. The summed E-state index contributed by atoms with van der Waals surface area (Å²) in [6.45, 7) is 7.48. The van der Waals surface area contributed by atoms with Crippen molar-refractivity contribution in [3.05, 3.63) is 35.6 Å². The third-order valence-electron chi connectivity index (χ3n) is 4.22. The molecule has 3 nitrogen and oxygen atoms in total. The van der Waals surface area contributed by atoms with Gasteiger partial charge in [-0.1, -0.05) is 25.1 Å². The standard InChI is InChI=1S/C16H23FN2O/c1-11-10-18-9-8-14(11)19-15(20)16(2,3)12-6-4-5-7-13(12)17/h4-7,11,14,18H,8-10H2,1-3H3,(H,19,20). The lowest BCUT2D eigenvalue weighted by molar-refractivity contribution is -0.127. The summed E-state index contributed by atoms with van der Waals surface area (Å²) in [5, 5.41) is 6.39. The molecule has 1 aliphatic heterocycles. The maximum Gasteiger partial charge on any atom is 0.230 e. The molecule has 110 valence electrons. The molecular formula is C16H23FN2O. The van der Waals surface area contributed by atoms with Gasteiger partial charge in [-0.2, -0.15) is 0 Å². The lowest BCUT2D eigenvalue weighted by Gasteiger charge is -2.33. The van der Waals surface area contributed by atoms with Crippen LogP contribution in [0.5, 0.6) is 0 Å². The van der Waals surface area contributed by atoms with Crippen LogP contribution in [0.1, 0.15) is 32.8 Å². The average Bonchev–Trinajstić information content (AvgIpc) is 2.41. The van der Waals surface area contributed by atoms with Gasteiger partial charge in [-0.15, -0.1) is 0 Å². The second-order valence-electron chi connectivity index (χ2n) is 6.15. The molecule has 2 N–H and O–H groups in total. The molecule has 1 fully saturated rings. The molecule has 2 rings (SSSR count). The van der Waals surface area contributed by atoms with Gasteiger partial charge in [0, 0.05) is 11.6 Å². The Labute approximate surface area is 120 Å². The summed E-state index contributed by atoms with van der Waals surface area (Å²) in [6.07, 6.45) is 0.917. The van der Waals surface area contributed by atoms with E-state index in [1.54, 1.807) is 32.0 Å². The molecule has 0 bridgehead atoms. The van der Waals surface area contributed by atoms with E-state index >= 15 is 0 Å². The highest BCUT2D eigenvalue weighted by Crippen LogP contribution is 2.26. The molecule has 1 aromatic carbocycles. The lowest BCUT2D eigenvalue weighted by atomic mass is 9.82. The van der Waals surface area contributed by atoms with E-state index in [2.05, 4.69) is 17.6 Å². The number of rotatable bonds is 3. The van der Waals surface area contributed by atoms with Crippen LogP contribution in [0.2, 0.25) is 0 Å². The smallest absolute Gasteiger partial charge is 0.230 e. The van der Waals surface area contributed by atoms with Crippen molar-refractivity contribution in [2.24, 2.45) is 5.92 Å². The van der Waals surface area contributed by atoms with E-state index in [0.717, 1.165) is 19.5 Å². The van der Waals surface area contributed by atoms with E-state index in [-0.39, 0.29) is 17.8 Å². The third kappa shape index (κ3) is 3.01. The molecule has 0 aliphatic carbocycles. The number of halogens is 1. The van der Waals surface area contributed by atoms with Crippen LogP contribution in [0.3, 0.4) is 0 Å². The van der Waals surface area contributed by atoms with Gasteiger partial charge in [0.25, 0.3) is 0 Å². The predicted octanol–water partition coefficient (Wildman–Crippen LogP) is 2.22. The fraction of sp³-hybridized carbons (Fsp3) is 0.562. The van der Waals surface area contributed by atoms with Crippen LogP contribution in [-0.4, -0.2) is 25.0 Å². The summed E-state index contributed by atoms with van der Waals surface area (Å²) in [5.74, 6) is -0.0449. The van der Waals surface area contributed by atoms with Crippen LogP contribution in [0, 0.1) is 11.7 Å². The van der Waals surface area contributed by atoms with Gasteiger partial charge in [0.2, 0.25) is 5.91 Å². The highest BCUT2D eigenvalue weighted by Gasteiger charge is 2.34. The van der Waals surface area contributed by atoms with Crippen molar-refractivity contribution in [2.45, 2.75) is 38.6 Å². The van der Waals surface area contributed by atoms with Gasteiger partial charge in [0.1, 0.15) is 5.82 Å². The van der Waals surface area contributed by atoms with Crippen molar-refractivity contribution in [2.75, 3.05) is 13.1 Å². The first-order valence-electron chi connectivity index (χ1n) is 7.19. The minimum Gasteiger partial charge on any atom is -0.352 e. The molecule has 0 aromatic heterocycles. The van der Waals surface area contributed by atoms with Gasteiger partial charge in [0.05, 0.1) is 5.41 Å². The summed E-state index contributed by atoms with van der Waals surface area (Å²) in [4.78, 5) is 12.5. The Morgan fingerprint density at radius 3 is 2.75 bits per heavy atom. The number of carbonyl (C=O) groups is 1. The minimum atomic E-state index is -0.865. The number of amides is 1. The van der Waals surface area contributed by atoms with E-state index in [4.69, 9.17) is 0 Å². The molecule has 0 saturated carbocycles. The maximum absolute atomic E-state index is 13.9. The van der Waals surface area contributed by atoms with E-state index in [1.165, 1.54) is 6.07 Å². The van der Waals surface area contributed by atoms with Crippen LogP contribution >= 0.6 is 0 Å². The Hall–Kier alpha value is -1.42. The van der Waals surface area contributed by atoms with Gasteiger partial charge < -0.3 is 10.6 Å². The molecule has 2 unspecified atom stereocenters. The summed E-state index contributed by atoms with van der Waals surface area (Å²) < 4.78 is 13.9. The topological polar surface area (TPSA) is 41.1 Å². The third-order valence-corrected chi connectivity index (χ3v) is 4.22. The Morgan fingerprint density at radius 1 is 1.40 bits per heavy atom. The average molecular weight is 278 g/mol. The molecule has 20 heavy (non-hydrogen) atoms. The number of carbonyl (C=O) groups excluding carboxylic acids is 1. The van der Waals surface area contributed by atoms with Crippen molar-refractivity contribution in [1.29, 1.82) is 0 Å². The summed E-state index contributed by atoms with van der Waals surface area (Å²) in [6, 6.07) is 6.65. The second kappa shape index (κ2) is 5.92.